The molecule has 5 heterocycles. The number of piperazine rings is 1. The Balaban J connectivity index is 1.30. The maximum Gasteiger partial charge on any atom is 0.301 e. The van der Waals surface area contributed by atoms with Crippen LogP contribution in [-0.4, -0.2) is 80.2 Å². The van der Waals surface area contributed by atoms with Crippen molar-refractivity contribution in [2.24, 2.45) is 17.8 Å². The average Bonchev–Trinajstić information content (AvgIpc) is 3.19. The van der Waals surface area contributed by atoms with E-state index < -0.39 is 11.1 Å². The number of nitrogens with zero attached hydrogens (tertiary/aromatic N) is 9. The van der Waals surface area contributed by atoms with E-state index in [0.29, 0.717) is 22.7 Å². The third-order valence-electron chi connectivity index (χ3n) is 7.79. The summed E-state index contributed by atoms with van der Waals surface area (Å²) in [4.78, 5) is 21.0. The van der Waals surface area contributed by atoms with Crippen LogP contribution in [0.2, 0.25) is 0 Å². The molecule has 0 bridgehead atoms. The molecular weight excluding hydrogens is 492 g/mol. The fraction of sp³-hybridized carbons (Fsp3) is 0.375. The van der Waals surface area contributed by atoms with E-state index in [0.717, 1.165) is 48.0 Å². The summed E-state index contributed by atoms with van der Waals surface area (Å²) in [5.74, 6) is 2.04. The second-order valence-corrected chi connectivity index (χ2v) is 10.4. The fourth-order valence-corrected chi connectivity index (χ4v) is 6.11. The van der Waals surface area contributed by atoms with E-state index in [9.17, 15) is 8.76 Å². The van der Waals surface area contributed by atoms with E-state index in [4.69, 9.17) is 10.7 Å². The molecule has 4 aromatic rings. The van der Waals surface area contributed by atoms with Crippen molar-refractivity contribution in [3.8, 4) is 11.4 Å². The van der Waals surface area contributed by atoms with Crippen LogP contribution in [0, 0.1) is 0 Å². The summed E-state index contributed by atoms with van der Waals surface area (Å²) in [5.41, 5.74) is 9.37. The first kappa shape index (κ1) is 23.7. The number of guanidine groups is 1. The molecule has 0 amide bonds. The lowest BCUT2D eigenvalue weighted by atomic mass is 10.2. The van der Waals surface area contributed by atoms with Crippen molar-refractivity contribution >= 4 is 39.7 Å². The zero-order chi connectivity index (χ0) is 25.9. The fourth-order valence-electron chi connectivity index (χ4n) is 5.63. The highest BCUT2D eigenvalue weighted by Crippen LogP contribution is 2.44. The van der Waals surface area contributed by atoms with Gasteiger partial charge in [0.2, 0.25) is 0 Å². The van der Waals surface area contributed by atoms with Crippen LogP contribution in [0.15, 0.2) is 52.9 Å². The molecule has 12 nitrogen and oxygen atoms in total. The minimum Gasteiger partial charge on any atom is -0.768 e. The number of aliphatic imine (C=N–C) groups is 1. The number of benzene rings is 1. The van der Waals surface area contributed by atoms with E-state index in [2.05, 4.69) is 31.9 Å². The molecular formula is C24H28N10O2S. The maximum atomic E-state index is 11.6. The lowest BCUT2D eigenvalue weighted by molar-refractivity contribution is -0.732. The summed E-state index contributed by atoms with van der Waals surface area (Å²) in [5, 5.41) is 4.38. The molecule has 1 aromatic carbocycles. The van der Waals surface area contributed by atoms with Crippen LogP contribution in [-0.2, 0) is 24.7 Å². The number of hydrogen-bond acceptors (Lipinski definition) is 8. The Morgan fingerprint density at radius 1 is 1.32 bits per heavy atom. The van der Waals surface area contributed by atoms with Gasteiger partial charge in [0, 0.05) is 19.8 Å². The summed E-state index contributed by atoms with van der Waals surface area (Å²) >= 11 is -2.38. The number of aromatic nitrogens is 6. The lowest BCUT2D eigenvalue weighted by Crippen LogP contribution is -2.53. The van der Waals surface area contributed by atoms with Gasteiger partial charge in [-0.15, -0.1) is 0 Å². The zero-order valence-corrected chi connectivity index (χ0v) is 21.7. The van der Waals surface area contributed by atoms with Gasteiger partial charge in [-0.2, -0.15) is 10.1 Å². The minimum atomic E-state index is -2.38. The summed E-state index contributed by atoms with van der Waals surface area (Å²) in [6.45, 7) is 7.17. The standard InChI is InChI=1S/C24H28N10O2S/c1-4-33-12-16(11-28-33)21-30-20-22(31(21)3)26-14-27-23(20)32-9-10-34(15(2)18(34)13-32)24(25)29-17-7-5-6-8-19(17)37(35)36/h5-8,11-12,14-15,18H,4,9-10,13H2,1-3H3,(H2-,25,29,35,36). The molecule has 192 valence electrons. The van der Waals surface area contributed by atoms with Gasteiger partial charge in [-0.05, 0) is 37.1 Å². The molecule has 4 unspecified atom stereocenters. The van der Waals surface area contributed by atoms with Gasteiger partial charge in [-0.3, -0.25) is 8.89 Å². The monoisotopic (exact) mass is 520 g/mol. The van der Waals surface area contributed by atoms with Crippen molar-refractivity contribution in [2.45, 2.75) is 37.4 Å². The number of aryl methyl sites for hydroxylation is 2. The Kier molecular flexibility index (Phi) is 5.58. The third kappa shape index (κ3) is 3.64. The quantitative estimate of drug-likeness (QED) is 0.137. The van der Waals surface area contributed by atoms with Crippen molar-refractivity contribution in [2.75, 3.05) is 24.5 Å². The van der Waals surface area contributed by atoms with Crippen LogP contribution >= 0.6 is 0 Å². The summed E-state index contributed by atoms with van der Waals surface area (Å²) < 4.78 is 27.7. The highest BCUT2D eigenvalue weighted by atomic mass is 32.2. The van der Waals surface area contributed by atoms with Gasteiger partial charge < -0.3 is 19.8 Å². The first-order valence-electron chi connectivity index (χ1n) is 12.2. The van der Waals surface area contributed by atoms with E-state index in [-0.39, 0.29) is 17.0 Å². The van der Waals surface area contributed by atoms with Crippen molar-refractivity contribution in [3.63, 3.8) is 0 Å². The molecule has 2 fully saturated rings. The molecule has 0 radical (unpaired) electrons. The Morgan fingerprint density at radius 3 is 2.86 bits per heavy atom. The van der Waals surface area contributed by atoms with E-state index in [1.54, 1.807) is 24.5 Å². The molecule has 4 atom stereocenters. The van der Waals surface area contributed by atoms with Gasteiger partial charge in [0.1, 0.15) is 24.7 Å². The molecule has 6 rings (SSSR count). The number of quaternary nitrogens is 1. The molecule has 2 saturated heterocycles. The predicted molar refractivity (Wildman–Crippen MR) is 139 cm³/mol. The molecule has 2 N–H and O–H groups in total. The number of fused-ring (bicyclic) bond motifs is 2. The second-order valence-electron chi connectivity index (χ2n) is 9.53. The number of anilines is 1. The summed E-state index contributed by atoms with van der Waals surface area (Å²) in [6.07, 6.45) is 5.39. The van der Waals surface area contributed by atoms with Crippen molar-refractivity contribution in [1.29, 1.82) is 0 Å². The van der Waals surface area contributed by atoms with Crippen molar-refractivity contribution in [3.05, 3.63) is 43.0 Å². The number of nitrogens with two attached hydrogens (primary N) is 1. The maximum absolute atomic E-state index is 11.6. The third-order valence-corrected chi connectivity index (χ3v) is 8.50. The first-order chi connectivity index (χ1) is 17.8. The topological polar surface area (TPSA) is 143 Å². The largest absolute Gasteiger partial charge is 0.768 e. The Morgan fingerprint density at radius 2 is 2.14 bits per heavy atom. The predicted octanol–water partition coefficient (Wildman–Crippen LogP) is 1.54. The van der Waals surface area contributed by atoms with Crippen LogP contribution in [0.1, 0.15) is 13.8 Å². The van der Waals surface area contributed by atoms with Gasteiger partial charge in [0.15, 0.2) is 23.0 Å². The number of rotatable bonds is 5. The second kappa shape index (κ2) is 8.71. The van der Waals surface area contributed by atoms with E-state index in [1.807, 2.05) is 35.6 Å². The molecule has 0 saturated carbocycles. The number of para-hydroxylation sites is 1. The van der Waals surface area contributed by atoms with Crippen LogP contribution in [0.25, 0.3) is 22.6 Å². The Hall–Kier alpha value is -3.68. The van der Waals surface area contributed by atoms with Crippen LogP contribution < -0.4 is 10.6 Å². The van der Waals surface area contributed by atoms with Crippen molar-refractivity contribution in [1.82, 2.24) is 29.3 Å². The van der Waals surface area contributed by atoms with Crippen molar-refractivity contribution < 1.29 is 13.2 Å². The molecule has 0 spiro atoms. The van der Waals surface area contributed by atoms with Gasteiger partial charge in [0.25, 0.3) is 0 Å². The highest BCUT2D eigenvalue weighted by Gasteiger charge is 2.69. The minimum absolute atomic E-state index is 0.146. The smallest absolute Gasteiger partial charge is 0.301 e. The van der Waals surface area contributed by atoms with Crippen LogP contribution in [0.5, 0.6) is 0 Å². The van der Waals surface area contributed by atoms with Gasteiger partial charge in [0.05, 0.1) is 35.4 Å². The molecule has 37 heavy (non-hydrogen) atoms. The Labute approximate surface area is 216 Å². The average molecular weight is 521 g/mol. The van der Waals surface area contributed by atoms with E-state index in [1.165, 1.54) is 6.07 Å². The first-order valence-corrected chi connectivity index (χ1v) is 13.3. The molecule has 2 aliphatic rings. The molecule has 0 aliphatic carbocycles. The normalized spacial score (nSPS) is 24.3. The summed E-state index contributed by atoms with van der Waals surface area (Å²) in [6, 6.07) is 7.13. The molecule has 13 heteroatoms. The SMILES string of the molecule is CCn1cc(-c2nc3c(N4CC[N+]5(C(N)=Nc6ccccc6S(=O)[O-])C(C)C5C4)ncnc3n2C)cn1. The highest BCUT2D eigenvalue weighted by molar-refractivity contribution is 7.79. The number of imidazole rings is 1. The van der Waals surface area contributed by atoms with Gasteiger partial charge >= 0.3 is 5.96 Å². The van der Waals surface area contributed by atoms with Gasteiger partial charge in [-0.1, -0.05) is 12.1 Å². The molecule has 2 aliphatic heterocycles. The zero-order valence-electron chi connectivity index (χ0n) is 20.9. The molecule has 3 aromatic heterocycles. The Bertz CT molecular complexity index is 1560. The lowest BCUT2D eigenvalue weighted by Gasteiger charge is -2.31. The number of hydrogen-bond donors (Lipinski definition) is 1. The van der Waals surface area contributed by atoms with E-state index >= 15 is 0 Å². The van der Waals surface area contributed by atoms with Crippen LogP contribution in [0.3, 0.4) is 0 Å². The summed E-state index contributed by atoms with van der Waals surface area (Å²) in [7, 11) is 1.95. The van der Waals surface area contributed by atoms with Crippen LogP contribution in [0.4, 0.5) is 11.5 Å². The van der Waals surface area contributed by atoms with Gasteiger partial charge in [-0.25, -0.2) is 19.4 Å².